The number of rotatable bonds is 5. The molecular formula is C15H23ClN2O3. The Morgan fingerprint density at radius 1 is 1.33 bits per heavy atom. The number of nitrogens with one attached hydrogen (secondary N) is 2. The van der Waals surface area contributed by atoms with E-state index >= 15 is 0 Å². The summed E-state index contributed by atoms with van der Waals surface area (Å²) < 4.78 is 10.5. The first-order valence-electron chi connectivity index (χ1n) is 6.88. The first kappa shape index (κ1) is 17.6. The molecule has 0 radical (unpaired) electrons. The van der Waals surface area contributed by atoms with Crippen LogP contribution in [0.1, 0.15) is 24.9 Å². The molecule has 21 heavy (non-hydrogen) atoms. The van der Waals surface area contributed by atoms with E-state index in [0.29, 0.717) is 11.5 Å². The van der Waals surface area contributed by atoms with Gasteiger partial charge in [0.25, 0.3) is 0 Å². The largest absolute Gasteiger partial charge is 0.493 e. The molecule has 2 rings (SSSR count). The first-order chi connectivity index (χ1) is 9.65. The molecule has 5 nitrogen and oxygen atoms in total. The van der Waals surface area contributed by atoms with Crippen LogP contribution in [-0.2, 0) is 4.79 Å². The van der Waals surface area contributed by atoms with Gasteiger partial charge >= 0.3 is 0 Å². The zero-order valence-corrected chi connectivity index (χ0v) is 13.5. The molecule has 1 aromatic carbocycles. The van der Waals surface area contributed by atoms with Gasteiger partial charge in [0.1, 0.15) is 0 Å². The normalized spacial score (nSPS) is 18.5. The molecule has 1 aliphatic heterocycles. The van der Waals surface area contributed by atoms with Crippen molar-refractivity contribution in [3.63, 3.8) is 0 Å². The van der Waals surface area contributed by atoms with E-state index in [0.717, 1.165) is 25.1 Å². The SMILES string of the molecule is COc1ccc(C(C)NC(=O)C2CCNC2)cc1OC.Cl. The number of benzene rings is 1. The molecule has 1 heterocycles. The fourth-order valence-corrected chi connectivity index (χ4v) is 2.42. The Labute approximate surface area is 131 Å². The van der Waals surface area contributed by atoms with Crippen LogP contribution in [0.5, 0.6) is 11.5 Å². The number of halogens is 1. The Morgan fingerprint density at radius 2 is 2.05 bits per heavy atom. The maximum absolute atomic E-state index is 12.1. The van der Waals surface area contributed by atoms with E-state index in [2.05, 4.69) is 10.6 Å². The molecule has 0 bridgehead atoms. The van der Waals surface area contributed by atoms with E-state index < -0.39 is 0 Å². The van der Waals surface area contributed by atoms with Crippen molar-refractivity contribution in [2.45, 2.75) is 19.4 Å². The van der Waals surface area contributed by atoms with E-state index in [4.69, 9.17) is 9.47 Å². The topological polar surface area (TPSA) is 59.6 Å². The third-order valence-electron chi connectivity index (χ3n) is 3.70. The average Bonchev–Trinajstić information content (AvgIpc) is 3.00. The number of hydrogen-bond donors (Lipinski definition) is 2. The number of hydrogen-bond acceptors (Lipinski definition) is 4. The lowest BCUT2D eigenvalue weighted by molar-refractivity contribution is -0.125. The lowest BCUT2D eigenvalue weighted by atomic mass is 10.0. The van der Waals surface area contributed by atoms with Crippen LogP contribution in [0.4, 0.5) is 0 Å². The molecule has 0 aliphatic carbocycles. The molecule has 1 saturated heterocycles. The summed E-state index contributed by atoms with van der Waals surface area (Å²) in [6.07, 6.45) is 0.907. The fraction of sp³-hybridized carbons (Fsp3) is 0.533. The minimum atomic E-state index is -0.0529. The zero-order valence-electron chi connectivity index (χ0n) is 12.6. The van der Waals surface area contributed by atoms with Crippen LogP contribution in [0.2, 0.25) is 0 Å². The third kappa shape index (κ3) is 4.25. The molecule has 0 saturated carbocycles. The van der Waals surface area contributed by atoms with Gasteiger partial charge in [-0.1, -0.05) is 6.07 Å². The highest BCUT2D eigenvalue weighted by Crippen LogP contribution is 2.30. The molecule has 0 aromatic heterocycles. The highest BCUT2D eigenvalue weighted by atomic mass is 35.5. The third-order valence-corrected chi connectivity index (χ3v) is 3.70. The standard InChI is InChI=1S/C15H22N2O3.ClH/c1-10(17-15(18)12-6-7-16-9-12)11-4-5-13(19-2)14(8-11)20-3;/h4-5,8,10,12,16H,6-7,9H2,1-3H3,(H,17,18);1H. The summed E-state index contributed by atoms with van der Waals surface area (Å²) in [6, 6.07) is 5.65. The molecule has 2 atom stereocenters. The van der Waals surface area contributed by atoms with E-state index in [9.17, 15) is 4.79 Å². The number of amides is 1. The molecule has 1 fully saturated rings. The van der Waals surface area contributed by atoms with Crippen molar-refractivity contribution < 1.29 is 14.3 Å². The van der Waals surface area contributed by atoms with Gasteiger partial charge in [-0.15, -0.1) is 12.4 Å². The number of methoxy groups -OCH3 is 2. The van der Waals surface area contributed by atoms with Gasteiger partial charge < -0.3 is 20.1 Å². The molecule has 2 unspecified atom stereocenters. The zero-order chi connectivity index (χ0) is 14.5. The predicted molar refractivity (Wildman–Crippen MR) is 84.3 cm³/mol. The minimum absolute atomic E-state index is 0. The Kier molecular flexibility index (Phi) is 6.78. The van der Waals surface area contributed by atoms with Crippen LogP contribution in [0, 0.1) is 5.92 Å². The van der Waals surface area contributed by atoms with Crippen molar-refractivity contribution in [3.8, 4) is 11.5 Å². The van der Waals surface area contributed by atoms with Crippen LogP contribution >= 0.6 is 12.4 Å². The predicted octanol–water partition coefficient (Wildman–Crippen LogP) is 1.91. The van der Waals surface area contributed by atoms with Gasteiger partial charge in [-0.25, -0.2) is 0 Å². The van der Waals surface area contributed by atoms with Crippen LogP contribution in [0.25, 0.3) is 0 Å². The van der Waals surface area contributed by atoms with Crippen molar-refractivity contribution in [3.05, 3.63) is 23.8 Å². The Hall–Kier alpha value is -1.46. The molecule has 0 spiro atoms. The summed E-state index contributed by atoms with van der Waals surface area (Å²) in [5.74, 6) is 1.55. The summed E-state index contributed by atoms with van der Waals surface area (Å²) >= 11 is 0. The second-order valence-electron chi connectivity index (χ2n) is 5.03. The van der Waals surface area contributed by atoms with Gasteiger partial charge in [-0.05, 0) is 37.6 Å². The van der Waals surface area contributed by atoms with Crippen LogP contribution in [0.15, 0.2) is 18.2 Å². The lowest BCUT2D eigenvalue weighted by Gasteiger charge is -2.18. The van der Waals surface area contributed by atoms with Gasteiger partial charge in [0.15, 0.2) is 11.5 Å². The van der Waals surface area contributed by atoms with E-state index in [1.165, 1.54) is 0 Å². The summed E-state index contributed by atoms with van der Waals surface area (Å²) in [6.45, 7) is 3.66. The maximum atomic E-state index is 12.1. The van der Waals surface area contributed by atoms with E-state index in [1.54, 1.807) is 14.2 Å². The van der Waals surface area contributed by atoms with Crippen molar-refractivity contribution >= 4 is 18.3 Å². The molecular weight excluding hydrogens is 292 g/mol. The Bertz CT molecular complexity index is 476. The summed E-state index contributed by atoms with van der Waals surface area (Å²) in [7, 11) is 3.21. The molecule has 1 aromatic rings. The van der Waals surface area contributed by atoms with Crippen LogP contribution in [-0.4, -0.2) is 33.2 Å². The van der Waals surface area contributed by atoms with Crippen molar-refractivity contribution in [2.24, 2.45) is 5.92 Å². The van der Waals surface area contributed by atoms with Gasteiger partial charge in [-0.3, -0.25) is 4.79 Å². The average molecular weight is 315 g/mol. The van der Waals surface area contributed by atoms with Crippen LogP contribution in [0.3, 0.4) is 0 Å². The van der Waals surface area contributed by atoms with Crippen molar-refractivity contribution in [1.82, 2.24) is 10.6 Å². The number of ether oxygens (including phenoxy) is 2. The highest BCUT2D eigenvalue weighted by Gasteiger charge is 2.23. The Morgan fingerprint density at radius 3 is 2.62 bits per heavy atom. The molecule has 1 aliphatic rings. The van der Waals surface area contributed by atoms with E-state index in [-0.39, 0.29) is 30.3 Å². The smallest absolute Gasteiger partial charge is 0.224 e. The monoisotopic (exact) mass is 314 g/mol. The highest BCUT2D eigenvalue weighted by molar-refractivity contribution is 5.85. The number of carbonyl (C=O) groups excluding carboxylic acids is 1. The fourth-order valence-electron chi connectivity index (χ4n) is 2.42. The van der Waals surface area contributed by atoms with Gasteiger partial charge in [-0.2, -0.15) is 0 Å². The second kappa shape index (κ2) is 8.10. The second-order valence-corrected chi connectivity index (χ2v) is 5.03. The van der Waals surface area contributed by atoms with Crippen LogP contribution < -0.4 is 20.1 Å². The summed E-state index contributed by atoms with van der Waals surface area (Å²) in [5, 5.41) is 6.25. The molecule has 2 N–H and O–H groups in total. The maximum Gasteiger partial charge on any atom is 0.224 e. The van der Waals surface area contributed by atoms with Gasteiger partial charge in [0, 0.05) is 6.54 Å². The Balaban J connectivity index is 0.00000220. The molecule has 6 heteroatoms. The summed E-state index contributed by atoms with van der Waals surface area (Å²) in [4.78, 5) is 12.1. The molecule has 118 valence electrons. The quantitative estimate of drug-likeness (QED) is 0.871. The summed E-state index contributed by atoms with van der Waals surface area (Å²) in [5.41, 5.74) is 1.00. The molecule has 1 amide bonds. The minimum Gasteiger partial charge on any atom is -0.493 e. The number of carbonyl (C=O) groups is 1. The lowest BCUT2D eigenvalue weighted by Crippen LogP contribution is -2.33. The van der Waals surface area contributed by atoms with Crippen molar-refractivity contribution in [1.29, 1.82) is 0 Å². The van der Waals surface area contributed by atoms with Gasteiger partial charge in [0.05, 0.1) is 26.2 Å². The van der Waals surface area contributed by atoms with E-state index in [1.807, 2.05) is 25.1 Å². The van der Waals surface area contributed by atoms with Crippen molar-refractivity contribution in [2.75, 3.05) is 27.3 Å². The first-order valence-corrected chi connectivity index (χ1v) is 6.88. The van der Waals surface area contributed by atoms with Gasteiger partial charge in [0.2, 0.25) is 5.91 Å².